The van der Waals surface area contributed by atoms with Gasteiger partial charge in [0, 0.05) is 23.3 Å². The average Bonchev–Trinajstić information content (AvgIpc) is 3.39. The molecule has 0 radical (unpaired) electrons. The number of allylic oxidation sites excluding steroid dienone is 1. The van der Waals surface area contributed by atoms with Gasteiger partial charge in [0.2, 0.25) is 11.7 Å². The summed E-state index contributed by atoms with van der Waals surface area (Å²) in [7, 11) is 0. The van der Waals surface area contributed by atoms with Crippen molar-refractivity contribution >= 4 is 17.5 Å². The maximum Gasteiger partial charge on any atom is 0.274 e. The lowest BCUT2D eigenvalue weighted by molar-refractivity contribution is -0.121. The minimum Gasteiger partial charge on any atom is -0.354 e. The summed E-state index contributed by atoms with van der Waals surface area (Å²) < 4.78 is 7.24. The minimum atomic E-state index is -0.0312. The van der Waals surface area contributed by atoms with Crippen LogP contribution in [0.4, 0.5) is 0 Å². The van der Waals surface area contributed by atoms with E-state index in [0.717, 1.165) is 24.8 Å². The van der Waals surface area contributed by atoms with E-state index in [-0.39, 0.29) is 12.5 Å². The number of halogens is 1. The van der Waals surface area contributed by atoms with Gasteiger partial charge in [0.05, 0.1) is 0 Å². The average molecular weight is 411 g/mol. The van der Waals surface area contributed by atoms with Gasteiger partial charge in [-0.2, -0.15) is 4.98 Å². The molecule has 0 saturated carbocycles. The molecule has 1 aliphatic rings. The molecular formula is C22H23ClN4O2. The zero-order valence-corrected chi connectivity index (χ0v) is 16.9. The number of amides is 1. The van der Waals surface area contributed by atoms with Gasteiger partial charge in [0.15, 0.2) is 0 Å². The van der Waals surface area contributed by atoms with Crippen LogP contribution in [0.25, 0.3) is 23.0 Å². The Morgan fingerprint density at radius 3 is 2.86 bits per heavy atom. The third-order valence-corrected chi connectivity index (χ3v) is 5.30. The van der Waals surface area contributed by atoms with E-state index < -0.39 is 0 Å². The molecule has 1 N–H and O–H groups in total. The van der Waals surface area contributed by atoms with Crippen LogP contribution in [0, 0.1) is 0 Å². The van der Waals surface area contributed by atoms with Gasteiger partial charge in [-0.05, 0) is 68.5 Å². The second-order valence-electron chi connectivity index (χ2n) is 7.16. The van der Waals surface area contributed by atoms with Gasteiger partial charge in [0.1, 0.15) is 12.2 Å². The Morgan fingerprint density at radius 2 is 2.07 bits per heavy atom. The van der Waals surface area contributed by atoms with E-state index in [1.807, 2.05) is 35.0 Å². The van der Waals surface area contributed by atoms with E-state index in [9.17, 15) is 4.79 Å². The molecule has 2 aromatic heterocycles. The van der Waals surface area contributed by atoms with Crippen molar-refractivity contribution in [3.8, 4) is 23.0 Å². The van der Waals surface area contributed by atoms with Gasteiger partial charge in [-0.3, -0.25) is 4.79 Å². The first-order chi connectivity index (χ1) is 14.2. The number of nitrogens with one attached hydrogen (secondary N) is 1. The fraction of sp³-hybridized carbons (Fsp3) is 0.318. The normalized spacial score (nSPS) is 13.9. The van der Waals surface area contributed by atoms with Crippen LogP contribution in [-0.4, -0.2) is 27.2 Å². The Morgan fingerprint density at radius 1 is 1.21 bits per heavy atom. The van der Waals surface area contributed by atoms with Crippen LogP contribution in [0.3, 0.4) is 0 Å². The molecule has 1 aromatic carbocycles. The Balaban J connectivity index is 1.37. The fourth-order valence-corrected chi connectivity index (χ4v) is 3.62. The number of carbonyl (C=O) groups is 1. The summed E-state index contributed by atoms with van der Waals surface area (Å²) >= 11 is 5.93. The topological polar surface area (TPSA) is 73.0 Å². The van der Waals surface area contributed by atoms with E-state index >= 15 is 0 Å². The van der Waals surface area contributed by atoms with Crippen molar-refractivity contribution in [2.75, 3.05) is 6.54 Å². The van der Waals surface area contributed by atoms with Crippen LogP contribution < -0.4 is 5.32 Å². The van der Waals surface area contributed by atoms with Gasteiger partial charge in [-0.1, -0.05) is 28.4 Å². The molecule has 1 amide bonds. The molecule has 0 spiro atoms. The highest BCUT2D eigenvalue weighted by Crippen LogP contribution is 2.24. The van der Waals surface area contributed by atoms with Crippen molar-refractivity contribution < 1.29 is 9.32 Å². The largest absolute Gasteiger partial charge is 0.354 e. The monoisotopic (exact) mass is 410 g/mol. The highest BCUT2D eigenvalue weighted by atomic mass is 35.5. The maximum atomic E-state index is 12.4. The van der Waals surface area contributed by atoms with Crippen LogP contribution in [0.1, 0.15) is 32.1 Å². The lowest BCUT2D eigenvalue weighted by atomic mass is 9.97. The lowest BCUT2D eigenvalue weighted by Crippen LogP contribution is -2.28. The predicted octanol–water partition coefficient (Wildman–Crippen LogP) is 4.87. The van der Waals surface area contributed by atoms with Crippen LogP contribution in [0.2, 0.25) is 5.02 Å². The molecule has 0 bridgehead atoms. The molecule has 0 saturated heterocycles. The molecule has 4 rings (SSSR count). The molecule has 0 aliphatic heterocycles. The molecule has 1 aliphatic carbocycles. The zero-order valence-electron chi connectivity index (χ0n) is 16.1. The summed E-state index contributed by atoms with van der Waals surface area (Å²) in [4.78, 5) is 16.8. The molecule has 2 heterocycles. The number of hydrogen-bond acceptors (Lipinski definition) is 4. The number of hydrogen-bond donors (Lipinski definition) is 1. The van der Waals surface area contributed by atoms with Crippen molar-refractivity contribution in [2.45, 2.75) is 38.6 Å². The molecule has 0 atom stereocenters. The van der Waals surface area contributed by atoms with Gasteiger partial charge in [-0.15, -0.1) is 0 Å². The first-order valence-corrected chi connectivity index (χ1v) is 10.3. The number of nitrogens with zero attached hydrogens (tertiary/aromatic N) is 3. The third kappa shape index (κ3) is 4.95. The highest BCUT2D eigenvalue weighted by Gasteiger charge is 2.15. The summed E-state index contributed by atoms with van der Waals surface area (Å²) in [6.07, 6.45) is 9.94. The minimum absolute atomic E-state index is 0.0312. The first-order valence-electron chi connectivity index (χ1n) is 9.89. The second-order valence-corrected chi connectivity index (χ2v) is 7.60. The lowest BCUT2D eigenvalue weighted by Gasteiger charge is -2.13. The molecule has 0 fully saturated rings. The summed E-state index contributed by atoms with van der Waals surface area (Å²) in [6, 6.07) is 11.0. The van der Waals surface area contributed by atoms with Gasteiger partial charge >= 0.3 is 0 Å². The smallest absolute Gasteiger partial charge is 0.274 e. The SMILES string of the molecule is O=C(Cn1cccc1-c1nc(-c2ccc(Cl)cc2)no1)NCCC1=CCCCC1. The van der Waals surface area contributed by atoms with Gasteiger partial charge in [-0.25, -0.2) is 0 Å². The van der Waals surface area contributed by atoms with Crippen molar-refractivity contribution in [2.24, 2.45) is 0 Å². The number of carbonyl (C=O) groups excluding carboxylic acids is 1. The molecular weight excluding hydrogens is 388 g/mol. The van der Waals surface area contributed by atoms with E-state index in [1.165, 1.54) is 18.4 Å². The standard InChI is InChI=1S/C22H23ClN4O2/c23-18-10-8-17(9-11-18)21-25-22(29-26-21)19-7-4-14-27(19)15-20(28)24-13-12-16-5-2-1-3-6-16/h4-5,7-11,14H,1-3,6,12-13,15H2,(H,24,28). The van der Waals surface area contributed by atoms with E-state index in [4.69, 9.17) is 16.1 Å². The molecule has 6 nitrogen and oxygen atoms in total. The predicted molar refractivity (Wildman–Crippen MR) is 112 cm³/mol. The van der Waals surface area contributed by atoms with Crippen molar-refractivity contribution in [3.63, 3.8) is 0 Å². The zero-order chi connectivity index (χ0) is 20.1. The van der Waals surface area contributed by atoms with Crippen LogP contribution in [0.5, 0.6) is 0 Å². The molecule has 29 heavy (non-hydrogen) atoms. The highest BCUT2D eigenvalue weighted by molar-refractivity contribution is 6.30. The van der Waals surface area contributed by atoms with Crippen LogP contribution in [-0.2, 0) is 11.3 Å². The number of aromatic nitrogens is 3. The molecule has 150 valence electrons. The Labute approximate surface area is 174 Å². The third-order valence-electron chi connectivity index (χ3n) is 5.04. The van der Waals surface area contributed by atoms with Gasteiger partial charge in [0.25, 0.3) is 5.89 Å². The van der Waals surface area contributed by atoms with Crippen molar-refractivity contribution in [1.82, 2.24) is 20.0 Å². The number of benzene rings is 1. The second kappa shape index (κ2) is 9.09. The van der Waals surface area contributed by atoms with E-state index in [0.29, 0.717) is 29.0 Å². The maximum absolute atomic E-state index is 12.4. The Kier molecular flexibility index (Phi) is 6.10. The number of rotatable bonds is 7. The Hall–Kier alpha value is -2.86. The summed E-state index contributed by atoms with van der Waals surface area (Å²) in [5.74, 6) is 0.825. The van der Waals surface area contributed by atoms with Crippen LogP contribution >= 0.6 is 11.6 Å². The molecule has 0 unspecified atom stereocenters. The van der Waals surface area contributed by atoms with Gasteiger partial charge < -0.3 is 14.4 Å². The summed E-state index contributed by atoms with van der Waals surface area (Å²) in [5.41, 5.74) is 2.99. The first kappa shape index (κ1) is 19.5. The van der Waals surface area contributed by atoms with Crippen molar-refractivity contribution in [3.05, 3.63) is 59.3 Å². The van der Waals surface area contributed by atoms with Crippen molar-refractivity contribution in [1.29, 1.82) is 0 Å². The Bertz CT molecular complexity index is 1000. The molecule has 3 aromatic rings. The fourth-order valence-electron chi connectivity index (χ4n) is 3.49. The van der Waals surface area contributed by atoms with E-state index in [1.54, 1.807) is 12.1 Å². The quantitative estimate of drug-likeness (QED) is 0.564. The molecule has 7 heteroatoms. The van der Waals surface area contributed by atoms with E-state index in [2.05, 4.69) is 21.5 Å². The summed E-state index contributed by atoms with van der Waals surface area (Å²) in [6.45, 7) is 0.878. The summed E-state index contributed by atoms with van der Waals surface area (Å²) in [5, 5.41) is 7.70. The van der Waals surface area contributed by atoms with Crippen LogP contribution in [0.15, 0.2) is 58.8 Å².